The Labute approximate surface area is 263 Å². The Balaban J connectivity index is 0. The van der Waals surface area contributed by atoms with E-state index in [0.29, 0.717) is 52.1 Å². The number of carbonyl (C=O) groups is 5. The molecule has 0 aliphatic rings. The van der Waals surface area contributed by atoms with E-state index in [2.05, 4.69) is 21.3 Å². The molecule has 0 rings (SSSR count). The first-order chi connectivity index (χ1) is 21.0. The van der Waals surface area contributed by atoms with E-state index in [1.807, 2.05) is 0 Å². The lowest BCUT2D eigenvalue weighted by molar-refractivity contribution is -0.134. The first-order valence-corrected chi connectivity index (χ1v) is 16.2. The van der Waals surface area contributed by atoms with Crippen LogP contribution in [0.5, 0.6) is 0 Å². The molecule has 14 heteroatoms. The van der Waals surface area contributed by atoms with Crippen LogP contribution in [0.3, 0.4) is 0 Å². The van der Waals surface area contributed by atoms with E-state index in [0.717, 1.165) is 84.0 Å². The van der Waals surface area contributed by atoms with E-state index in [1.54, 1.807) is 0 Å². The number of carboxylic acids is 1. The minimum atomic E-state index is -0.833. The highest BCUT2D eigenvalue weighted by Gasteiger charge is 2.13. The lowest BCUT2D eigenvalue weighted by Gasteiger charge is -2.12. The number of unbranched alkanes of at least 4 members (excludes halogenated alkanes) is 8. The maximum atomic E-state index is 11.9. The molecule has 14 nitrogen and oxygen atoms in total. The Morgan fingerprint density at radius 1 is 0.523 bits per heavy atom. The summed E-state index contributed by atoms with van der Waals surface area (Å²) < 4.78 is 0. The van der Waals surface area contributed by atoms with E-state index < -0.39 is 18.1 Å². The second-order valence-electron chi connectivity index (χ2n) is 10.9. The molecule has 0 saturated heterocycles. The van der Waals surface area contributed by atoms with Crippen molar-refractivity contribution in [3.8, 4) is 0 Å². The highest BCUT2D eigenvalue weighted by atomic mass is 16.4. The van der Waals surface area contributed by atoms with Gasteiger partial charge in [0.15, 0.2) is 0 Å². The van der Waals surface area contributed by atoms with Crippen molar-refractivity contribution in [1.29, 1.82) is 0 Å². The van der Waals surface area contributed by atoms with Gasteiger partial charge in [0.05, 0.1) is 12.1 Å². The zero-order valence-electron chi connectivity index (χ0n) is 27.0. The molecule has 0 bridgehead atoms. The number of carboxylic acid groups (broad SMARTS) is 1. The lowest BCUT2D eigenvalue weighted by Crippen LogP contribution is -2.40. The summed E-state index contributed by atoms with van der Waals surface area (Å²) in [5.41, 5.74) is 22.6. The van der Waals surface area contributed by atoms with Gasteiger partial charge in [-0.1, -0.05) is 38.5 Å². The molecule has 0 fully saturated rings. The van der Waals surface area contributed by atoms with Gasteiger partial charge in [-0.25, -0.2) is 0 Å². The number of hydrogen-bond donors (Lipinski definition) is 9. The average molecular weight is 631 g/mol. The van der Waals surface area contributed by atoms with Crippen molar-refractivity contribution in [1.82, 2.24) is 21.3 Å². The monoisotopic (exact) mass is 630 g/mol. The lowest BCUT2D eigenvalue weighted by atomic mass is 10.1. The molecule has 2 atom stereocenters. The Hall–Kier alpha value is -2.81. The van der Waals surface area contributed by atoms with Gasteiger partial charge in [0.1, 0.15) is 0 Å². The van der Waals surface area contributed by atoms with Crippen molar-refractivity contribution in [2.45, 2.75) is 122 Å². The van der Waals surface area contributed by atoms with Gasteiger partial charge in [-0.05, 0) is 64.5 Å². The standard InChI is InChI=1S/C28H58N8O4.C2H4O2/c29-17-7-5-13-23(31)27(39)35-21-11-3-1-9-19-33-25(37)15-16-26(38)34-20-10-2-4-12-22-36-28(40)24(32)14-6-8-18-30;1-2(3)4/h23-24H,1-22,29-32H2,(H,33,37)(H,34,38)(H,35,39)(H,36,40);1H3,(H,3,4). The van der Waals surface area contributed by atoms with Crippen LogP contribution in [0.1, 0.15) is 110 Å². The van der Waals surface area contributed by atoms with Crippen molar-refractivity contribution < 1.29 is 29.1 Å². The van der Waals surface area contributed by atoms with Gasteiger partial charge >= 0.3 is 0 Å². The summed E-state index contributed by atoms with van der Waals surface area (Å²) in [7, 11) is 0. The smallest absolute Gasteiger partial charge is 0.300 e. The molecule has 0 aliphatic heterocycles. The van der Waals surface area contributed by atoms with Gasteiger partial charge in [0, 0.05) is 45.9 Å². The number of nitrogens with one attached hydrogen (secondary N) is 4. The maximum absolute atomic E-state index is 11.9. The second-order valence-corrected chi connectivity index (χ2v) is 10.9. The van der Waals surface area contributed by atoms with E-state index >= 15 is 0 Å². The molecular formula is C30H62N8O6. The fourth-order valence-electron chi connectivity index (χ4n) is 4.03. The third-order valence-corrected chi connectivity index (χ3v) is 6.64. The van der Waals surface area contributed by atoms with Crippen molar-refractivity contribution in [2.75, 3.05) is 39.3 Å². The zero-order valence-corrected chi connectivity index (χ0v) is 27.0. The van der Waals surface area contributed by atoms with Crippen LogP contribution < -0.4 is 44.2 Å². The quantitative estimate of drug-likeness (QED) is 0.0563. The Morgan fingerprint density at radius 3 is 1.11 bits per heavy atom. The fourth-order valence-corrected chi connectivity index (χ4v) is 4.03. The normalized spacial score (nSPS) is 11.8. The molecular weight excluding hydrogens is 568 g/mol. The van der Waals surface area contributed by atoms with Crippen molar-refractivity contribution in [3.63, 3.8) is 0 Å². The summed E-state index contributed by atoms with van der Waals surface area (Å²) in [5.74, 6) is -1.29. The SMILES string of the molecule is CC(=O)O.NCCCCC(N)C(=O)NCCCCCCNC(=O)CCC(=O)NCCCCCCNC(=O)C(N)CCCCN. The van der Waals surface area contributed by atoms with Crippen molar-refractivity contribution in [2.24, 2.45) is 22.9 Å². The molecule has 0 radical (unpaired) electrons. The van der Waals surface area contributed by atoms with Crippen LogP contribution >= 0.6 is 0 Å². The molecule has 0 heterocycles. The maximum Gasteiger partial charge on any atom is 0.300 e. The highest BCUT2D eigenvalue weighted by molar-refractivity contribution is 5.83. The van der Waals surface area contributed by atoms with Gasteiger partial charge in [0.2, 0.25) is 23.6 Å². The molecule has 0 aromatic carbocycles. The van der Waals surface area contributed by atoms with Gasteiger partial charge in [-0.2, -0.15) is 0 Å². The molecule has 2 unspecified atom stereocenters. The third kappa shape index (κ3) is 32.1. The van der Waals surface area contributed by atoms with Crippen LogP contribution in [0.25, 0.3) is 0 Å². The van der Waals surface area contributed by atoms with Gasteiger partial charge in [-0.15, -0.1) is 0 Å². The number of amides is 4. The number of aliphatic carboxylic acids is 1. The molecule has 4 amide bonds. The molecule has 258 valence electrons. The fraction of sp³-hybridized carbons (Fsp3) is 0.833. The van der Waals surface area contributed by atoms with Crippen LogP contribution in [0.4, 0.5) is 0 Å². The topological polar surface area (TPSA) is 258 Å². The van der Waals surface area contributed by atoms with Crippen LogP contribution in [-0.2, 0) is 24.0 Å². The summed E-state index contributed by atoms with van der Waals surface area (Å²) >= 11 is 0. The Morgan fingerprint density at radius 2 is 0.818 bits per heavy atom. The first kappa shape index (κ1) is 43.3. The summed E-state index contributed by atoms with van der Waals surface area (Å²) in [5, 5.41) is 18.9. The molecule has 0 spiro atoms. The average Bonchev–Trinajstić information content (AvgIpc) is 2.98. The second kappa shape index (κ2) is 31.6. The number of carbonyl (C=O) groups excluding carboxylic acids is 4. The highest BCUT2D eigenvalue weighted by Crippen LogP contribution is 2.02. The van der Waals surface area contributed by atoms with E-state index in [9.17, 15) is 19.2 Å². The van der Waals surface area contributed by atoms with E-state index in [1.165, 1.54) is 0 Å². The number of nitrogens with two attached hydrogens (primary N) is 4. The molecule has 0 saturated carbocycles. The molecule has 0 aliphatic carbocycles. The number of rotatable bonds is 27. The van der Waals surface area contributed by atoms with Crippen LogP contribution in [0.15, 0.2) is 0 Å². The summed E-state index contributed by atoms with van der Waals surface area (Å²) in [6, 6.07) is -0.939. The molecule has 44 heavy (non-hydrogen) atoms. The minimum Gasteiger partial charge on any atom is -0.481 e. The van der Waals surface area contributed by atoms with Crippen LogP contribution in [-0.4, -0.2) is 86.1 Å². The predicted octanol–water partition coefficient (Wildman–Crippen LogP) is 0.356. The molecule has 0 aromatic rings. The van der Waals surface area contributed by atoms with Crippen molar-refractivity contribution in [3.05, 3.63) is 0 Å². The van der Waals surface area contributed by atoms with Crippen LogP contribution in [0.2, 0.25) is 0 Å². The first-order valence-electron chi connectivity index (χ1n) is 16.2. The van der Waals surface area contributed by atoms with Gasteiger partial charge in [0.25, 0.3) is 5.97 Å². The largest absolute Gasteiger partial charge is 0.481 e. The number of hydrogen-bond acceptors (Lipinski definition) is 9. The molecule has 13 N–H and O–H groups in total. The Kier molecular flexibility index (Phi) is 31.1. The predicted molar refractivity (Wildman–Crippen MR) is 173 cm³/mol. The molecule has 0 aromatic heterocycles. The summed E-state index contributed by atoms with van der Waals surface area (Å²) in [4.78, 5) is 56.7. The minimum absolute atomic E-state index is 0.109. The van der Waals surface area contributed by atoms with Crippen LogP contribution in [0, 0.1) is 0 Å². The summed E-state index contributed by atoms with van der Waals surface area (Å²) in [6.07, 6.45) is 12.4. The van der Waals surface area contributed by atoms with Gasteiger partial charge < -0.3 is 49.3 Å². The van der Waals surface area contributed by atoms with E-state index in [-0.39, 0.29) is 36.5 Å². The third-order valence-electron chi connectivity index (χ3n) is 6.64. The Bertz CT molecular complexity index is 712. The zero-order chi connectivity index (χ0) is 33.4. The summed E-state index contributed by atoms with van der Waals surface area (Å²) in [6.45, 7) is 4.69. The van der Waals surface area contributed by atoms with E-state index in [4.69, 9.17) is 32.8 Å². The van der Waals surface area contributed by atoms with Crippen molar-refractivity contribution >= 4 is 29.6 Å². The van der Waals surface area contributed by atoms with Gasteiger partial charge in [-0.3, -0.25) is 24.0 Å².